The first-order valence-corrected chi connectivity index (χ1v) is 3.28. The van der Waals surface area contributed by atoms with Crippen molar-refractivity contribution in [3.8, 4) is 0 Å². The molecule has 0 aliphatic heterocycles. The molecule has 0 radical (unpaired) electrons. The highest BCUT2D eigenvalue weighted by Crippen LogP contribution is 2.30. The van der Waals surface area contributed by atoms with E-state index < -0.39 is 5.92 Å². The van der Waals surface area contributed by atoms with Gasteiger partial charge in [-0.2, -0.15) is 8.78 Å². The van der Waals surface area contributed by atoms with E-state index in [1.807, 2.05) is 0 Å². The minimum atomic E-state index is -2.92. The average molecular weight is 161 g/mol. The Hall–Kier alpha value is -0.900. The Morgan fingerprint density at radius 3 is 2.73 bits per heavy atom. The van der Waals surface area contributed by atoms with Crippen LogP contribution in [0, 0.1) is 0 Å². The summed E-state index contributed by atoms with van der Waals surface area (Å²) < 4.78 is 30.2. The second-order valence-electron chi connectivity index (χ2n) is 2.22. The zero-order valence-electron chi connectivity index (χ0n) is 5.89. The fourth-order valence-electron chi connectivity index (χ4n) is 0.791. The van der Waals surface area contributed by atoms with E-state index in [9.17, 15) is 8.78 Å². The van der Waals surface area contributed by atoms with Crippen LogP contribution < -0.4 is 5.73 Å². The third kappa shape index (κ3) is 1.77. The van der Waals surface area contributed by atoms with E-state index in [2.05, 4.69) is 4.42 Å². The lowest BCUT2D eigenvalue weighted by atomic mass is 10.2. The molecule has 0 unspecified atom stereocenters. The third-order valence-electron chi connectivity index (χ3n) is 1.34. The summed E-state index contributed by atoms with van der Waals surface area (Å²) in [7, 11) is 0. The van der Waals surface area contributed by atoms with Crippen LogP contribution in [0.1, 0.15) is 12.2 Å². The number of rotatable bonds is 3. The van der Waals surface area contributed by atoms with Crippen LogP contribution in [-0.2, 0) is 5.92 Å². The molecule has 2 nitrogen and oxygen atoms in total. The molecule has 2 N–H and O–H groups in total. The summed E-state index contributed by atoms with van der Waals surface area (Å²) in [6.07, 6.45) is 0.847. The molecule has 0 aromatic carbocycles. The first kappa shape index (κ1) is 8.20. The maximum atomic E-state index is 12.8. The van der Waals surface area contributed by atoms with Gasteiger partial charge in [-0.3, -0.25) is 0 Å². The number of hydrogen-bond acceptors (Lipinski definition) is 2. The molecule has 0 saturated carbocycles. The molecule has 4 heteroatoms. The van der Waals surface area contributed by atoms with Gasteiger partial charge in [-0.1, -0.05) is 0 Å². The van der Waals surface area contributed by atoms with Gasteiger partial charge in [-0.25, -0.2) is 0 Å². The van der Waals surface area contributed by atoms with Crippen molar-refractivity contribution in [2.45, 2.75) is 12.3 Å². The Kier molecular flexibility index (Phi) is 2.24. The molecule has 0 amide bonds. The topological polar surface area (TPSA) is 39.2 Å². The molecule has 1 heterocycles. The van der Waals surface area contributed by atoms with E-state index in [-0.39, 0.29) is 18.7 Å². The smallest absolute Gasteiger partial charge is 0.305 e. The van der Waals surface area contributed by atoms with E-state index >= 15 is 0 Å². The Bertz CT molecular complexity index is 208. The first-order valence-electron chi connectivity index (χ1n) is 3.28. The van der Waals surface area contributed by atoms with Gasteiger partial charge in [0.1, 0.15) is 0 Å². The molecule has 0 aliphatic rings. The van der Waals surface area contributed by atoms with E-state index in [0.717, 1.165) is 0 Å². The molecule has 0 fully saturated rings. The maximum absolute atomic E-state index is 12.8. The molecular formula is C7H9F2NO. The van der Waals surface area contributed by atoms with Gasteiger partial charge in [0, 0.05) is 6.42 Å². The molecule has 1 rings (SSSR count). The fourth-order valence-corrected chi connectivity index (χ4v) is 0.791. The minimum Gasteiger partial charge on any atom is -0.463 e. The lowest BCUT2D eigenvalue weighted by Gasteiger charge is -2.10. The van der Waals surface area contributed by atoms with Crippen LogP contribution in [0.5, 0.6) is 0 Å². The molecule has 1 aromatic heterocycles. The van der Waals surface area contributed by atoms with Gasteiger partial charge in [-0.05, 0) is 18.7 Å². The molecule has 1 aromatic rings. The molecule has 0 spiro atoms. The number of hydrogen-bond donors (Lipinski definition) is 1. The quantitative estimate of drug-likeness (QED) is 0.733. The van der Waals surface area contributed by atoms with Gasteiger partial charge >= 0.3 is 5.92 Å². The van der Waals surface area contributed by atoms with Gasteiger partial charge in [-0.15, -0.1) is 0 Å². The zero-order chi connectivity index (χ0) is 8.32. The lowest BCUT2D eigenvalue weighted by molar-refractivity contribution is -0.0316. The van der Waals surface area contributed by atoms with Crippen molar-refractivity contribution in [1.29, 1.82) is 0 Å². The van der Waals surface area contributed by atoms with Crippen molar-refractivity contribution < 1.29 is 13.2 Å². The van der Waals surface area contributed by atoms with Crippen molar-refractivity contribution in [2.75, 3.05) is 6.54 Å². The largest absolute Gasteiger partial charge is 0.463 e. The second-order valence-corrected chi connectivity index (χ2v) is 2.22. The SMILES string of the molecule is NCCC(F)(F)c1ccco1. The number of nitrogens with two attached hydrogens (primary N) is 1. The summed E-state index contributed by atoms with van der Waals surface area (Å²) in [6, 6.07) is 2.68. The van der Waals surface area contributed by atoms with Crippen molar-refractivity contribution >= 4 is 0 Å². The average Bonchev–Trinajstić information content (AvgIpc) is 2.37. The van der Waals surface area contributed by atoms with Crippen LogP contribution in [0.15, 0.2) is 22.8 Å². The van der Waals surface area contributed by atoms with Gasteiger partial charge in [0.2, 0.25) is 0 Å². The minimum absolute atomic E-state index is 0.0479. The third-order valence-corrected chi connectivity index (χ3v) is 1.34. The molecule has 62 valence electrons. The normalized spacial score (nSPS) is 11.9. The van der Waals surface area contributed by atoms with Crippen LogP contribution >= 0.6 is 0 Å². The molecule has 11 heavy (non-hydrogen) atoms. The van der Waals surface area contributed by atoms with Crippen molar-refractivity contribution in [3.63, 3.8) is 0 Å². The number of alkyl halides is 2. The van der Waals surface area contributed by atoms with E-state index in [1.165, 1.54) is 18.4 Å². The Morgan fingerprint density at radius 1 is 1.55 bits per heavy atom. The summed E-state index contributed by atoms with van der Waals surface area (Å²) >= 11 is 0. The first-order chi connectivity index (χ1) is 5.17. The predicted molar refractivity (Wildman–Crippen MR) is 36.3 cm³/mol. The van der Waals surface area contributed by atoms with Gasteiger partial charge in [0.25, 0.3) is 0 Å². The summed E-state index contributed by atoms with van der Waals surface area (Å²) in [4.78, 5) is 0. The summed E-state index contributed by atoms with van der Waals surface area (Å²) in [5.74, 6) is -3.24. The molecule has 0 atom stereocenters. The number of furan rings is 1. The predicted octanol–water partition coefficient (Wildman–Crippen LogP) is 1.72. The Labute approximate surface area is 63.0 Å². The molecule has 0 saturated heterocycles. The maximum Gasteiger partial charge on any atom is 0.305 e. The van der Waals surface area contributed by atoms with Crippen LogP contribution in [0.2, 0.25) is 0 Å². The van der Waals surface area contributed by atoms with Crippen molar-refractivity contribution in [1.82, 2.24) is 0 Å². The zero-order valence-corrected chi connectivity index (χ0v) is 5.89. The number of halogens is 2. The Balaban J connectivity index is 2.73. The standard InChI is InChI=1S/C7H9F2NO/c8-7(9,3-4-10)6-2-1-5-11-6/h1-2,5H,3-4,10H2. The van der Waals surface area contributed by atoms with Crippen LogP contribution in [0.25, 0.3) is 0 Å². The fraction of sp³-hybridized carbons (Fsp3) is 0.429. The highest BCUT2D eigenvalue weighted by atomic mass is 19.3. The summed E-state index contributed by atoms with van der Waals surface area (Å²) in [6.45, 7) is -0.0479. The van der Waals surface area contributed by atoms with E-state index in [4.69, 9.17) is 5.73 Å². The van der Waals surface area contributed by atoms with E-state index in [1.54, 1.807) is 0 Å². The molecule has 0 aliphatic carbocycles. The van der Waals surface area contributed by atoms with Crippen molar-refractivity contribution in [2.24, 2.45) is 5.73 Å². The summed E-state index contributed by atoms with van der Waals surface area (Å²) in [5.41, 5.74) is 5.00. The highest BCUT2D eigenvalue weighted by Gasteiger charge is 2.33. The van der Waals surface area contributed by atoms with Crippen LogP contribution in [0.4, 0.5) is 8.78 Å². The lowest BCUT2D eigenvalue weighted by Crippen LogP contribution is -2.17. The molecule has 0 bridgehead atoms. The van der Waals surface area contributed by atoms with E-state index in [0.29, 0.717) is 0 Å². The summed E-state index contributed by atoms with van der Waals surface area (Å²) in [5, 5.41) is 0. The van der Waals surface area contributed by atoms with Gasteiger partial charge in [0.15, 0.2) is 5.76 Å². The highest BCUT2D eigenvalue weighted by molar-refractivity contribution is 5.05. The second kappa shape index (κ2) is 3.00. The van der Waals surface area contributed by atoms with Crippen LogP contribution in [-0.4, -0.2) is 6.54 Å². The van der Waals surface area contributed by atoms with Crippen molar-refractivity contribution in [3.05, 3.63) is 24.2 Å². The van der Waals surface area contributed by atoms with Gasteiger partial charge in [0.05, 0.1) is 6.26 Å². The van der Waals surface area contributed by atoms with Crippen LogP contribution in [0.3, 0.4) is 0 Å². The molecular weight excluding hydrogens is 152 g/mol. The van der Waals surface area contributed by atoms with Gasteiger partial charge < -0.3 is 10.2 Å². The Morgan fingerprint density at radius 2 is 2.27 bits per heavy atom. The monoisotopic (exact) mass is 161 g/mol.